The molecule has 1 aliphatic carbocycles. The molecule has 0 radical (unpaired) electrons. The van der Waals surface area contributed by atoms with Gasteiger partial charge in [0.2, 0.25) is 0 Å². The third-order valence-corrected chi connectivity index (χ3v) is 5.28. The van der Waals surface area contributed by atoms with Crippen molar-refractivity contribution >= 4 is 40.5 Å². The van der Waals surface area contributed by atoms with Gasteiger partial charge in [-0.2, -0.15) is 0 Å². The van der Waals surface area contributed by atoms with Gasteiger partial charge in [-0.1, -0.05) is 11.6 Å². The number of halogens is 1. The monoisotopic (exact) mass is 435 g/mol. The Labute approximate surface area is 179 Å². The van der Waals surface area contributed by atoms with Crippen LogP contribution in [0.15, 0.2) is 24.3 Å². The highest BCUT2D eigenvalue weighted by Crippen LogP contribution is 2.26. The Kier molecular flexibility index (Phi) is 6.26. The number of rotatable bonds is 4. The number of H-pyrrole nitrogens is 1. The summed E-state index contributed by atoms with van der Waals surface area (Å²) in [6.45, 7) is 5.23. The van der Waals surface area contributed by atoms with Gasteiger partial charge in [0.1, 0.15) is 11.3 Å². The number of fused-ring (bicyclic) bond motifs is 1. The van der Waals surface area contributed by atoms with Crippen molar-refractivity contribution in [3.8, 4) is 0 Å². The zero-order valence-electron chi connectivity index (χ0n) is 17.1. The molecule has 1 aromatic heterocycles. The smallest absolute Gasteiger partial charge is 0.407 e. The van der Waals surface area contributed by atoms with Crippen molar-refractivity contribution < 1.29 is 24.2 Å². The number of hydrogen-bond acceptors (Lipinski definition) is 4. The number of benzene rings is 1. The van der Waals surface area contributed by atoms with E-state index < -0.39 is 35.7 Å². The van der Waals surface area contributed by atoms with Crippen LogP contribution in [0.4, 0.5) is 4.79 Å². The number of alkyl carbamates (subject to hydrolysis) is 1. The molecule has 1 heterocycles. The van der Waals surface area contributed by atoms with Crippen LogP contribution in [0, 0.1) is 5.92 Å². The van der Waals surface area contributed by atoms with E-state index >= 15 is 0 Å². The summed E-state index contributed by atoms with van der Waals surface area (Å²) >= 11 is 6.00. The molecule has 0 spiro atoms. The van der Waals surface area contributed by atoms with E-state index in [9.17, 15) is 19.5 Å². The molecule has 4 N–H and O–H groups in total. The van der Waals surface area contributed by atoms with E-state index in [1.807, 2.05) is 0 Å². The second kappa shape index (κ2) is 8.55. The van der Waals surface area contributed by atoms with E-state index in [0.29, 0.717) is 23.6 Å². The Morgan fingerprint density at radius 2 is 1.87 bits per heavy atom. The molecule has 0 unspecified atom stereocenters. The summed E-state index contributed by atoms with van der Waals surface area (Å²) in [6.07, 6.45) is 0.407. The second-order valence-electron chi connectivity index (χ2n) is 8.60. The molecule has 3 atom stereocenters. The fourth-order valence-electron chi connectivity index (χ4n) is 3.66. The molecule has 1 aromatic carbocycles. The molecule has 0 saturated heterocycles. The maximum atomic E-state index is 12.8. The topological polar surface area (TPSA) is 121 Å². The summed E-state index contributed by atoms with van der Waals surface area (Å²) in [5, 5.41) is 16.4. The van der Waals surface area contributed by atoms with Gasteiger partial charge in [-0.15, -0.1) is 0 Å². The van der Waals surface area contributed by atoms with Crippen LogP contribution in [0.1, 0.15) is 50.5 Å². The Hall–Kier alpha value is -2.74. The Balaban J connectivity index is 1.73. The minimum atomic E-state index is -0.914. The highest BCUT2D eigenvalue weighted by atomic mass is 35.5. The molecule has 8 nitrogen and oxygen atoms in total. The first kappa shape index (κ1) is 22.0. The fourth-order valence-corrected chi connectivity index (χ4v) is 3.84. The lowest BCUT2D eigenvalue weighted by atomic mass is 9.82. The molecule has 1 saturated carbocycles. The van der Waals surface area contributed by atoms with E-state index in [1.54, 1.807) is 45.0 Å². The van der Waals surface area contributed by atoms with Gasteiger partial charge in [0.05, 0.1) is 12.0 Å². The van der Waals surface area contributed by atoms with Gasteiger partial charge in [0.15, 0.2) is 0 Å². The standard InChI is InChI=1S/C21H26ClN3O5/c1-21(2,3)30-20(29)25-16-9-11(19(27)28)4-6-15(16)24-18(26)17-10-12-8-13(22)5-7-14(12)23-17/h5,7-8,10-11,15-16,23H,4,6,9H2,1-3H3,(H,24,26)(H,25,29)(H,27,28)/t11-,15-,16+/m0/s1. The van der Waals surface area contributed by atoms with E-state index in [0.717, 1.165) is 10.9 Å². The number of nitrogens with one attached hydrogen (secondary N) is 3. The lowest BCUT2D eigenvalue weighted by Crippen LogP contribution is -2.55. The number of amides is 2. The average Bonchev–Trinajstić information content (AvgIpc) is 3.04. The number of aromatic amines is 1. The summed E-state index contributed by atoms with van der Waals surface area (Å²) in [5.41, 5.74) is 0.459. The summed E-state index contributed by atoms with van der Waals surface area (Å²) in [7, 11) is 0. The lowest BCUT2D eigenvalue weighted by Gasteiger charge is -2.35. The zero-order valence-corrected chi connectivity index (χ0v) is 17.9. The first-order valence-corrected chi connectivity index (χ1v) is 10.2. The molecule has 1 aliphatic rings. The SMILES string of the molecule is CC(C)(C)OC(=O)N[C@@H]1C[C@@H](C(=O)O)CC[C@@H]1NC(=O)c1cc2cc(Cl)ccc2[nH]1. The van der Waals surface area contributed by atoms with Gasteiger partial charge in [-0.05, 0) is 64.3 Å². The summed E-state index contributed by atoms with van der Waals surface area (Å²) in [5.74, 6) is -1.84. The molecule has 2 amide bonds. The molecule has 0 bridgehead atoms. The predicted molar refractivity (Wildman–Crippen MR) is 113 cm³/mol. The number of carboxylic acid groups (broad SMARTS) is 1. The molecule has 162 valence electrons. The number of carbonyl (C=O) groups is 3. The minimum Gasteiger partial charge on any atom is -0.481 e. The van der Waals surface area contributed by atoms with E-state index in [-0.39, 0.29) is 12.3 Å². The minimum absolute atomic E-state index is 0.210. The predicted octanol–water partition coefficient (Wildman–Crippen LogP) is 3.70. The van der Waals surface area contributed by atoms with Gasteiger partial charge in [0, 0.05) is 22.0 Å². The van der Waals surface area contributed by atoms with Crippen LogP contribution < -0.4 is 10.6 Å². The van der Waals surface area contributed by atoms with Crippen molar-refractivity contribution in [1.29, 1.82) is 0 Å². The molecule has 3 rings (SSSR count). The molecule has 0 aliphatic heterocycles. The summed E-state index contributed by atoms with van der Waals surface area (Å²) < 4.78 is 5.30. The van der Waals surface area contributed by atoms with Gasteiger partial charge >= 0.3 is 12.1 Å². The summed E-state index contributed by atoms with van der Waals surface area (Å²) in [4.78, 5) is 39.5. The average molecular weight is 436 g/mol. The number of carboxylic acids is 1. The number of aromatic nitrogens is 1. The highest BCUT2D eigenvalue weighted by Gasteiger charge is 2.36. The first-order valence-electron chi connectivity index (χ1n) is 9.83. The molecular weight excluding hydrogens is 410 g/mol. The van der Waals surface area contributed by atoms with Crippen LogP contribution in [0.2, 0.25) is 5.02 Å². The van der Waals surface area contributed by atoms with Crippen molar-refractivity contribution in [3.63, 3.8) is 0 Å². The highest BCUT2D eigenvalue weighted by molar-refractivity contribution is 6.31. The Morgan fingerprint density at radius 3 is 2.53 bits per heavy atom. The van der Waals surface area contributed by atoms with E-state index in [2.05, 4.69) is 15.6 Å². The van der Waals surface area contributed by atoms with Crippen LogP contribution in [-0.2, 0) is 9.53 Å². The van der Waals surface area contributed by atoms with Gasteiger partial charge < -0.3 is 25.5 Å². The third-order valence-electron chi connectivity index (χ3n) is 5.05. The summed E-state index contributed by atoms with van der Waals surface area (Å²) in [6, 6.07) is 6.01. The van der Waals surface area contributed by atoms with Crippen LogP contribution >= 0.6 is 11.6 Å². The van der Waals surface area contributed by atoms with Crippen LogP contribution in [0.25, 0.3) is 10.9 Å². The first-order chi connectivity index (χ1) is 14.0. The number of ether oxygens (including phenoxy) is 1. The Morgan fingerprint density at radius 1 is 1.13 bits per heavy atom. The van der Waals surface area contributed by atoms with Crippen molar-refractivity contribution in [3.05, 3.63) is 35.0 Å². The molecular formula is C21H26ClN3O5. The van der Waals surface area contributed by atoms with Crippen LogP contribution in [0.5, 0.6) is 0 Å². The Bertz CT molecular complexity index is 965. The zero-order chi connectivity index (χ0) is 22.1. The molecule has 30 heavy (non-hydrogen) atoms. The van der Waals surface area contributed by atoms with Gasteiger partial charge in [-0.3, -0.25) is 9.59 Å². The maximum Gasteiger partial charge on any atom is 0.407 e. The quantitative estimate of drug-likeness (QED) is 0.583. The second-order valence-corrected chi connectivity index (χ2v) is 9.03. The van der Waals surface area contributed by atoms with Crippen molar-refractivity contribution in [1.82, 2.24) is 15.6 Å². The van der Waals surface area contributed by atoms with Crippen LogP contribution in [-0.4, -0.2) is 45.7 Å². The molecule has 2 aromatic rings. The van der Waals surface area contributed by atoms with Gasteiger partial charge in [-0.25, -0.2) is 4.79 Å². The third kappa shape index (κ3) is 5.44. The van der Waals surface area contributed by atoms with Gasteiger partial charge in [0.25, 0.3) is 5.91 Å². The molecule has 1 fully saturated rings. The number of hydrogen-bond donors (Lipinski definition) is 4. The maximum absolute atomic E-state index is 12.8. The van der Waals surface area contributed by atoms with E-state index in [4.69, 9.17) is 16.3 Å². The largest absolute Gasteiger partial charge is 0.481 e. The fraction of sp³-hybridized carbons (Fsp3) is 0.476. The number of aliphatic carboxylic acids is 1. The van der Waals surface area contributed by atoms with Crippen molar-refractivity contribution in [2.24, 2.45) is 5.92 Å². The van der Waals surface area contributed by atoms with Crippen molar-refractivity contribution in [2.75, 3.05) is 0 Å². The van der Waals surface area contributed by atoms with Crippen LogP contribution in [0.3, 0.4) is 0 Å². The van der Waals surface area contributed by atoms with E-state index in [1.165, 1.54) is 0 Å². The lowest BCUT2D eigenvalue weighted by molar-refractivity contribution is -0.143. The normalized spacial score (nSPS) is 21.8. The van der Waals surface area contributed by atoms with Crippen molar-refractivity contribution in [2.45, 2.75) is 57.7 Å². The molecule has 9 heteroatoms. The number of carbonyl (C=O) groups excluding carboxylic acids is 2.